The van der Waals surface area contributed by atoms with Gasteiger partial charge in [-0.1, -0.05) is 0 Å². The van der Waals surface area contributed by atoms with Crippen molar-refractivity contribution in [3.8, 4) is 0 Å². The van der Waals surface area contributed by atoms with E-state index in [2.05, 4.69) is 64.4 Å². The predicted molar refractivity (Wildman–Crippen MR) is 103 cm³/mol. The van der Waals surface area contributed by atoms with Crippen LogP contribution in [-0.2, 0) is 13.0 Å². The van der Waals surface area contributed by atoms with Gasteiger partial charge in [0, 0.05) is 48.0 Å². The van der Waals surface area contributed by atoms with Crippen LogP contribution in [0.5, 0.6) is 0 Å². The lowest BCUT2D eigenvalue weighted by molar-refractivity contribution is 0.552. The van der Waals surface area contributed by atoms with E-state index in [1.807, 2.05) is 25.3 Å². The topological polar surface area (TPSA) is 54.2 Å². The number of aryl methyl sites for hydroxylation is 4. The third kappa shape index (κ3) is 5.67. The van der Waals surface area contributed by atoms with Gasteiger partial charge in [-0.3, -0.25) is 9.67 Å². The fourth-order valence-corrected chi connectivity index (χ4v) is 3.73. The van der Waals surface area contributed by atoms with Gasteiger partial charge in [0.1, 0.15) is 0 Å². The van der Waals surface area contributed by atoms with Gasteiger partial charge in [0.05, 0.1) is 5.69 Å². The Morgan fingerprint density at radius 1 is 1.33 bits per heavy atom. The molecule has 24 heavy (non-hydrogen) atoms. The van der Waals surface area contributed by atoms with Crippen molar-refractivity contribution in [1.29, 1.82) is 0 Å². The zero-order chi connectivity index (χ0) is 17.5. The highest BCUT2D eigenvalue weighted by atomic mass is 32.1. The number of guanidine groups is 1. The molecule has 1 atom stereocenters. The van der Waals surface area contributed by atoms with Crippen molar-refractivity contribution < 1.29 is 0 Å². The average Bonchev–Trinajstić information content (AvgIpc) is 3.07. The Hall–Kier alpha value is -1.82. The maximum absolute atomic E-state index is 4.49. The van der Waals surface area contributed by atoms with Gasteiger partial charge in [-0.05, 0) is 52.3 Å². The molecule has 2 rings (SSSR count). The smallest absolute Gasteiger partial charge is 0.191 e. The minimum Gasteiger partial charge on any atom is -0.356 e. The van der Waals surface area contributed by atoms with Crippen LogP contribution in [0.1, 0.15) is 34.5 Å². The quantitative estimate of drug-likeness (QED) is 0.460. The monoisotopic (exact) mass is 347 g/mol. The molecule has 0 bridgehead atoms. The van der Waals surface area contributed by atoms with E-state index in [1.165, 1.54) is 15.4 Å². The van der Waals surface area contributed by atoms with Crippen molar-refractivity contribution in [1.82, 2.24) is 20.4 Å². The van der Waals surface area contributed by atoms with Crippen LogP contribution in [0.3, 0.4) is 0 Å². The Kier molecular flexibility index (Phi) is 6.85. The summed E-state index contributed by atoms with van der Waals surface area (Å²) in [7, 11) is 1.82. The Balaban J connectivity index is 1.71. The molecule has 0 fully saturated rings. The van der Waals surface area contributed by atoms with E-state index in [4.69, 9.17) is 0 Å². The molecule has 1 unspecified atom stereocenters. The number of hydrogen-bond donors (Lipinski definition) is 2. The lowest BCUT2D eigenvalue weighted by Gasteiger charge is -2.17. The molecule has 132 valence electrons. The molecule has 0 aliphatic rings. The molecular weight excluding hydrogens is 318 g/mol. The van der Waals surface area contributed by atoms with Crippen molar-refractivity contribution in [2.24, 2.45) is 4.99 Å². The minimum atomic E-state index is 0.352. The van der Waals surface area contributed by atoms with Gasteiger partial charge in [0.2, 0.25) is 0 Å². The highest BCUT2D eigenvalue weighted by Gasteiger charge is 2.08. The number of thiophene rings is 1. The number of nitrogens with zero attached hydrogens (tertiary/aromatic N) is 3. The predicted octanol–water partition coefficient (Wildman–Crippen LogP) is 3.06. The molecule has 0 aliphatic carbocycles. The van der Waals surface area contributed by atoms with Gasteiger partial charge >= 0.3 is 0 Å². The zero-order valence-corrected chi connectivity index (χ0v) is 16.2. The molecular formula is C18H29N5S. The van der Waals surface area contributed by atoms with Crippen molar-refractivity contribution in [2.75, 3.05) is 13.6 Å². The summed E-state index contributed by atoms with van der Waals surface area (Å²) in [6, 6.07) is 6.86. The van der Waals surface area contributed by atoms with E-state index in [0.717, 1.165) is 37.6 Å². The Bertz CT molecular complexity index is 671. The molecule has 2 aromatic rings. The van der Waals surface area contributed by atoms with Gasteiger partial charge in [-0.25, -0.2) is 0 Å². The van der Waals surface area contributed by atoms with Crippen LogP contribution in [0, 0.1) is 20.8 Å². The first-order valence-corrected chi connectivity index (χ1v) is 9.33. The summed E-state index contributed by atoms with van der Waals surface area (Å²) in [6.07, 6.45) is 2.03. The zero-order valence-electron chi connectivity index (χ0n) is 15.4. The lowest BCUT2D eigenvalue weighted by Crippen LogP contribution is -2.43. The largest absolute Gasteiger partial charge is 0.356 e. The number of aromatic nitrogens is 2. The van der Waals surface area contributed by atoms with Crippen LogP contribution in [0.15, 0.2) is 23.2 Å². The van der Waals surface area contributed by atoms with Gasteiger partial charge in [0.15, 0.2) is 5.96 Å². The van der Waals surface area contributed by atoms with Crippen LogP contribution >= 0.6 is 11.3 Å². The van der Waals surface area contributed by atoms with E-state index >= 15 is 0 Å². The molecule has 0 aromatic carbocycles. The van der Waals surface area contributed by atoms with Crippen molar-refractivity contribution in [3.05, 3.63) is 39.3 Å². The number of aliphatic imine (C=N–C) groups is 1. The molecule has 0 saturated carbocycles. The van der Waals surface area contributed by atoms with Crippen LogP contribution in [0.4, 0.5) is 0 Å². The molecule has 6 heteroatoms. The van der Waals surface area contributed by atoms with Gasteiger partial charge in [0.25, 0.3) is 0 Å². The van der Waals surface area contributed by atoms with Crippen LogP contribution in [0.25, 0.3) is 0 Å². The fraction of sp³-hybridized carbons (Fsp3) is 0.556. The first-order valence-electron chi connectivity index (χ1n) is 8.51. The highest BCUT2D eigenvalue weighted by Crippen LogP contribution is 2.16. The maximum atomic E-state index is 4.49. The van der Waals surface area contributed by atoms with Gasteiger partial charge < -0.3 is 10.6 Å². The molecule has 2 heterocycles. The van der Waals surface area contributed by atoms with Crippen molar-refractivity contribution in [3.63, 3.8) is 0 Å². The molecule has 0 spiro atoms. The Labute approximate surface area is 149 Å². The Morgan fingerprint density at radius 2 is 2.12 bits per heavy atom. The van der Waals surface area contributed by atoms with E-state index in [1.54, 1.807) is 0 Å². The fourth-order valence-electron chi connectivity index (χ4n) is 2.71. The summed E-state index contributed by atoms with van der Waals surface area (Å²) in [5, 5.41) is 11.3. The summed E-state index contributed by atoms with van der Waals surface area (Å²) in [5.74, 6) is 0.865. The van der Waals surface area contributed by atoms with Gasteiger partial charge in [-0.2, -0.15) is 5.10 Å². The molecule has 0 amide bonds. The second kappa shape index (κ2) is 8.87. The molecule has 2 aromatic heterocycles. The Morgan fingerprint density at radius 3 is 2.71 bits per heavy atom. The van der Waals surface area contributed by atoms with Crippen LogP contribution < -0.4 is 10.6 Å². The van der Waals surface area contributed by atoms with Crippen LogP contribution in [0.2, 0.25) is 0 Å². The summed E-state index contributed by atoms with van der Waals surface area (Å²) in [4.78, 5) is 7.09. The van der Waals surface area contributed by atoms with E-state index < -0.39 is 0 Å². The molecule has 0 radical (unpaired) electrons. The number of nitrogens with one attached hydrogen (secondary N) is 2. The van der Waals surface area contributed by atoms with Crippen molar-refractivity contribution >= 4 is 17.3 Å². The normalized spacial score (nSPS) is 13.1. The minimum absolute atomic E-state index is 0.352. The first-order chi connectivity index (χ1) is 11.5. The highest BCUT2D eigenvalue weighted by molar-refractivity contribution is 7.11. The molecule has 0 saturated heterocycles. The van der Waals surface area contributed by atoms with Gasteiger partial charge in [-0.15, -0.1) is 11.3 Å². The van der Waals surface area contributed by atoms with E-state index in [9.17, 15) is 0 Å². The second-order valence-electron chi connectivity index (χ2n) is 6.26. The summed E-state index contributed by atoms with van der Waals surface area (Å²) in [6.45, 7) is 10.3. The van der Waals surface area contributed by atoms with Crippen molar-refractivity contribution in [2.45, 2.75) is 53.1 Å². The SMILES string of the molecule is CN=C(NCCCn1nc(C)cc1C)NC(C)Cc1ccc(C)s1. The van der Waals surface area contributed by atoms with E-state index in [0.29, 0.717) is 6.04 Å². The lowest BCUT2D eigenvalue weighted by atomic mass is 10.2. The van der Waals surface area contributed by atoms with E-state index in [-0.39, 0.29) is 0 Å². The summed E-state index contributed by atoms with van der Waals surface area (Å²) in [5.41, 5.74) is 2.30. The third-order valence-corrected chi connectivity index (χ3v) is 4.88. The molecule has 0 aliphatic heterocycles. The maximum Gasteiger partial charge on any atom is 0.191 e. The van der Waals surface area contributed by atoms with Crippen LogP contribution in [-0.4, -0.2) is 35.4 Å². The second-order valence-corrected chi connectivity index (χ2v) is 7.64. The summed E-state index contributed by atoms with van der Waals surface area (Å²) >= 11 is 1.86. The third-order valence-electron chi connectivity index (χ3n) is 3.85. The number of hydrogen-bond acceptors (Lipinski definition) is 3. The molecule has 2 N–H and O–H groups in total. The number of rotatable bonds is 7. The standard InChI is InChI=1S/C18H29N5S/c1-13(12-17-8-7-16(4)24-17)21-18(19-5)20-9-6-10-23-15(3)11-14(2)22-23/h7-8,11,13H,6,9-10,12H2,1-5H3,(H2,19,20,21). The summed E-state index contributed by atoms with van der Waals surface area (Å²) < 4.78 is 2.06. The molecule has 5 nitrogen and oxygen atoms in total. The first kappa shape index (κ1) is 18.5. The average molecular weight is 348 g/mol.